The molecule has 2 amide bonds. The van der Waals surface area contributed by atoms with E-state index in [1.165, 1.54) is 45.4 Å². The Bertz CT molecular complexity index is 1630. The Morgan fingerprint density at radius 2 is 1.93 bits per heavy atom. The molecule has 0 unspecified atom stereocenters. The molecule has 0 aliphatic carbocycles. The summed E-state index contributed by atoms with van der Waals surface area (Å²) in [5.74, 6) is -0.0733. The van der Waals surface area contributed by atoms with Crippen LogP contribution in [-0.4, -0.2) is 54.3 Å². The third-order valence-electron chi connectivity index (χ3n) is 7.25. The average Bonchev–Trinajstić information content (AvgIpc) is 3.53. The lowest BCUT2D eigenvalue weighted by atomic mass is 9.82. The highest BCUT2D eigenvalue weighted by molar-refractivity contribution is 6.00. The van der Waals surface area contributed by atoms with Crippen LogP contribution in [0.5, 0.6) is 17.2 Å². The molecule has 1 aliphatic rings. The third kappa shape index (κ3) is 4.58. The smallest absolute Gasteiger partial charge is 0.267 e. The van der Waals surface area contributed by atoms with Crippen LogP contribution in [0.1, 0.15) is 35.6 Å². The summed E-state index contributed by atoms with van der Waals surface area (Å²) in [5.41, 5.74) is 5.23. The fourth-order valence-corrected chi connectivity index (χ4v) is 4.69. The lowest BCUT2D eigenvalue weighted by Gasteiger charge is -2.26. The molecule has 2 aromatic carbocycles. The predicted octanol–water partition coefficient (Wildman–Crippen LogP) is 3.16. The maximum Gasteiger partial charge on any atom is 0.267 e. The van der Waals surface area contributed by atoms with Crippen LogP contribution in [0.25, 0.3) is 22.2 Å². The van der Waals surface area contributed by atoms with Gasteiger partial charge in [-0.1, -0.05) is 0 Å². The van der Waals surface area contributed by atoms with E-state index in [9.17, 15) is 19.1 Å². The topological polar surface area (TPSA) is 149 Å². The number of nitrogens with zero attached hydrogens (tertiary/aromatic N) is 1. The molecule has 10 nitrogen and oxygen atoms in total. The van der Waals surface area contributed by atoms with E-state index in [0.29, 0.717) is 45.0 Å². The highest BCUT2D eigenvalue weighted by Gasteiger charge is 2.45. The van der Waals surface area contributed by atoms with Gasteiger partial charge in [0.2, 0.25) is 5.91 Å². The molecule has 0 radical (unpaired) electrons. The van der Waals surface area contributed by atoms with Crippen LogP contribution >= 0.6 is 0 Å². The molecule has 208 valence electrons. The van der Waals surface area contributed by atoms with Crippen molar-refractivity contribution in [1.29, 1.82) is 0 Å². The summed E-state index contributed by atoms with van der Waals surface area (Å²) in [4.78, 5) is 33.2. The zero-order valence-corrected chi connectivity index (χ0v) is 22.4. The van der Waals surface area contributed by atoms with Crippen molar-refractivity contribution in [1.82, 2.24) is 15.3 Å². The normalized spacial score (nSPS) is 17.6. The molecule has 0 saturated carbocycles. The van der Waals surface area contributed by atoms with Crippen LogP contribution in [-0.2, 0) is 15.8 Å². The third-order valence-corrected chi connectivity index (χ3v) is 7.25. The SMILES string of the molecule is COc1cc(OC)c2cc(C(=O)NC[C@](C)(O)c3cc4c(c(-c5ccc(F)cc5)n3)OC[C@]4(C)C(N)=O)[nH]c2c1. The quantitative estimate of drug-likeness (QED) is 0.264. The van der Waals surface area contributed by atoms with Crippen LogP contribution in [0.2, 0.25) is 0 Å². The molecular formula is C29H29FN4O6. The maximum atomic E-state index is 13.6. The minimum absolute atomic E-state index is 0.00942. The van der Waals surface area contributed by atoms with E-state index in [4.69, 9.17) is 19.9 Å². The first kappa shape index (κ1) is 26.9. The molecule has 0 spiro atoms. The van der Waals surface area contributed by atoms with Crippen molar-refractivity contribution in [3.8, 4) is 28.5 Å². The van der Waals surface area contributed by atoms with E-state index in [1.807, 2.05) is 0 Å². The van der Waals surface area contributed by atoms with Crippen molar-refractivity contribution < 1.29 is 33.3 Å². The number of aromatic amines is 1. The van der Waals surface area contributed by atoms with Gasteiger partial charge in [0, 0.05) is 28.6 Å². The van der Waals surface area contributed by atoms with Gasteiger partial charge in [-0.3, -0.25) is 9.59 Å². The number of primary amides is 1. The van der Waals surface area contributed by atoms with Gasteiger partial charge >= 0.3 is 0 Å². The average molecular weight is 549 g/mol. The van der Waals surface area contributed by atoms with Gasteiger partial charge in [0.25, 0.3) is 5.91 Å². The number of hydrogen-bond acceptors (Lipinski definition) is 7. The van der Waals surface area contributed by atoms with Crippen LogP contribution < -0.4 is 25.3 Å². The minimum atomic E-state index is -1.67. The monoisotopic (exact) mass is 548 g/mol. The van der Waals surface area contributed by atoms with E-state index in [1.54, 1.807) is 31.2 Å². The predicted molar refractivity (Wildman–Crippen MR) is 145 cm³/mol. The second-order valence-corrected chi connectivity index (χ2v) is 10.2. The van der Waals surface area contributed by atoms with E-state index in [0.717, 1.165) is 0 Å². The number of H-pyrrole nitrogens is 1. The largest absolute Gasteiger partial charge is 0.497 e. The molecule has 5 N–H and O–H groups in total. The molecule has 3 heterocycles. The van der Waals surface area contributed by atoms with Crippen molar-refractivity contribution in [3.63, 3.8) is 0 Å². The molecule has 0 fully saturated rings. The molecule has 40 heavy (non-hydrogen) atoms. The number of benzene rings is 2. The van der Waals surface area contributed by atoms with Gasteiger partial charge in [0.1, 0.15) is 52.1 Å². The van der Waals surface area contributed by atoms with Crippen LogP contribution in [0.15, 0.2) is 48.5 Å². The Morgan fingerprint density at radius 1 is 1.20 bits per heavy atom. The van der Waals surface area contributed by atoms with Gasteiger partial charge in [0.15, 0.2) is 0 Å². The zero-order valence-electron chi connectivity index (χ0n) is 22.4. The van der Waals surface area contributed by atoms with Crippen molar-refractivity contribution in [2.24, 2.45) is 5.73 Å². The number of halogens is 1. The second kappa shape index (κ2) is 9.83. The van der Waals surface area contributed by atoms with Gasteiger partial charge < -0.3 is 35.4 Å². The number of fused-ring (bicyclic) bond motifs is 2. The second-order valence-electron chi connectivity index (χ2n) is 10.2. The number of ether oxygens (including phenoxy) is 3. The molecular weight excluding hydrogens is 519 g/mol. The van der Waals surface area contributed by atoms with Crippen molar-refractivity contribution >= 4 is 22.7 Å². The number of aromatic nitrogens is 2. The fourth-order valence-electron chi connectivity index (χ4n) is 4.69. The number of hydrogen-bond donors (Lipinski definition) is 4. The highest BCUT2D eigenvalue weighted by Crippen LogP contribution is 2.45. The molecule has 0 saturated heterocycles. The first-order chi connectivity index (χ1) is 19.0. The van der Waals surface area contributed by atoms with Crippen molar-refractivity contribution in [3.05, 3.63) is 71.3 Å². The number of methoxy groups -OCH3 is 2. The van der Waals surface area contributed by atoms with Gasteiger partial charge in [-0.05, 0) is 50.2 Å². The molecule has 4 aromatic rings. The van der Waals surface area contributed by atoms with Crippen molar-refractivity contribution in [2.45, 2.75) is 24.9 Å². The van der Waals surface area contributed by atoms with Gasteiger partial charge in [0.05, 0.1) is 32.0 Å². The van der Waals surface area contributed by atoms with Crippen LogP contribution in [0.4, 0.5) is 4.39 Å². The number of carbonyl (C=O) groups excluding carboxylic acids is 2. The van der Waals surface area contributed by atoms with E-state index in [-0.39, 0.29) is 24.5 Å². The number of carbonyl (C=O) groups is 2. The summed E-state index contributed by atoms with van der Waals surface area (Å²) in [6.07, 6.45) is 0. The van der Waals surface area contributed by atoms with E-state index in [2.05, 4.69) is 15.3 Å². The first-order valence-electron chi connectivity index (χ1n) is 12.5. The number of rotatable bonds is 8. The molecule has 2 atom stereocenters. The summed E-state index contributed by atoms with van der Waals surface area (Å²) >= 11 is 0. The van der Waals surface area contributed by atoms with E-state index >= 15 is 0 Å². The van der Waals surface area contributed by atoms with Gasteiger partial charge in [-0.2, -0.15) is 0 Å². The standard InChI is InChI=1S/C29H29FN4O6/c1-28(27(31)36)14-40-25-19(28)12-23(34-24(25)15-5-7-16(30)8-6-15)29(2,37)13-32-26(35)21-11-18-20(33-21)9-17(38-3)10-22(18)39-4/h5-12,33,37H,13-14H2,1-4H3,(H2,31,36)(H,32,35)/t28-,29-/m0/s1. The van der Waals surface area contributed by atoms with Gasteiger partial charge in [-0.15, -0.1) is 0 Å². The fraction of sp³-hybridized carbons (Fsp3) is 0.276. The molecule has 1 aliphatic heterocycles. The number of amides is 2. The molecule has 11 heteroatoms. The number of aliphatic hydroxyl groups is 1. The lowest BCUT2D eigenvalue weighted by Crippen LogP contribution is -2.41. The highest BCUT2D eigenvalue weighted by atomic mass is 19.1. The summed E-state index contributed by atoms with van der Waals surface area (Å²) < 4.78 is 30.2. The number of nitrogens with one attached hydrogen (secondary N) is 2. The van der Waals surface area contributed by atoms with Crippen molar-refractivity contribution in [2.75, 3.05) is 27.4 Å². The lowest BCUT2D eigenvalue weighted by molar-refractivity contribution is -0.123. The number of nitrogens with two attached hydrogens (primary N) is 1. The van der Waals surface area contributed by atoms with Crippen LogP contribution in [0, 0.1) is 5.82 Å². The summed E-state index contributed by atoms with van der Waals surface area (Å²) in [7, 11) is 3.06. The zero-order chi connectivity index (χ0) is 28.8. The molecule has 5 rings (SSSR count). The maximum absolute atomic E-state index is 13.6. The molecule has 2 aromatic heterocycles. The summed E-state index contributed by atoms with van der Waals surface area (Å²) in [5, 5.41) is 14.9. The Labute approximate surface area is 229 Å². The summed E-state index contributed by atoms with van der Waals surface area (Å²) in [6, 6.07) is 12.3. The summed E-state index contributed by atoms with van der Waals surface area (Å²) in [6.45, 7) is 2.91. The van der Waals surface area contributed by atoms with Crippen LogP contribution in [0.3, 0.4) is 0 Å². The Kier molecular flexibility index (Phi) is 6.62. The Morgan fingerprint density at radius 3 is 2.58 bits per heavy atom. The Hall–Kier alpha value is -4.64. The molecule has 0 bridgehead atoms. The number of pyridine rings is 1. The Balaban J connectivity index is 1.48. The first-order valence-corrected chi connectivity index (χ1v) is 12.5. The minimum Gasteiger partial charge on any atom is -0.497 e. The van der Waals surface area contributed by atoms with Gasteiger partial charge in [-0.25, -0.2) is 9.37 Å². The van der Waals surface area contributed by atoms with E-state index < -0.39 is 28.6 Å².